The largest absolute Gasteiger partial charge is 0.350 e. The lowest BCUT2D eigenvalue weighted by Crippen LogP contribution is -2.21. The number of aliphatic imine (C=N–C) groups is 1. The first kappa shape index (κ1) is 11.6. The van der Waals surface area contributed by atoms with Crippen molar-refractivity contribution in [1.82, 2.24) is 20.1 Å². The number of pyridine rings is 1. The van der Waals surface area contributed by atoms with E-state index in [1.165, 1.54) is 11.3 Å². The predicted octanol–water partition coefficient (Wildman–Crippen LogP) is 1.72. The van der Waals surface area contributed by atoms with Crippen LogP contribution in [-0.4, -0.2) is 27.6 Å². The minimum absolute atomic E-state index is 0.764. The average molecular weight is 253 g/mol. The maximum absolute atomic E-state index is 4.35. The Bertz CT molecular complexity index is 624. The highest BCUT2D eigenvalue weighted by Gasteiger charge is 2.11. The second-order valence-corrected chi connectivity index (χ2v) is 4.47. The van der Waals surface area contributed by atoms with Gasteiger partial charge in [-0.1, -0.05) is 6.07 Å². The quantitative estimate of drug-likeness (QED) is 0.906. The Labute approximate surface area is 111 Å². The lowest BCUT2D eigenvalue weighted by Gasteiger charge is -2.15. The zero-order valence-electron chi connectivity index (χ0n) is 10.7. The van der Waals surface area contributed by atoms with Crippen molar-refractivity contribution in [1.29, 1.82) is 0 Å². The van der Waals surface area contributed by atoms with Crippen LogP contribution in [0.15, 0.2) is 52.9 Å². The Kier molecular flexibility index (Phi) is 3.10. The van der Waals surface area contributed by atoms with E-state index in [0.717, 1.165) is 24.5 Å². The number of rotatable bonds is 3. The van der Waals surface area contributed by atoms with Crippen molar-refractivity contribution in [2.75, 3.05) is 6.54 Å². The van der Waals surface area contributed by atoms with Crippen molar-refractivity contribution in [3.63, 3.8) is 0 Å². The van der Waals surface area contributed by atoms with Crippen LogP contribution in [0, 0.1) is 0 Å². The topological polar surface area (TPSA) is 55.1 Å². The summed E-state index contributed by atoms with van der Waals surface area (Å²) in [5.41, 5.74) is 3.56. The zero-order valence-corrected chi connectivity index (χ0v) is 10.7. The molecule has 1 N–H and O–H groups in total. The van der Waals surface area contributed by atoms with Crippen LogP contribution in [0.5, 0.6) is 0 Å². The summed E-state index contributed by atoms with van der Waals surface area (Å²) in [5.74, 6) is 0.838. The summed E-state index contributed by atoms with van der Waals surface area (Å²) in [6.45, 7) is 2.86. The molecule has 3 rings (SSSR count). The standard InChI is InChI=1S/C14H15N5/c1-11-9-15-10-17-13(11)8-12-5-7-18-19(12)14-4-2-3-6-16-14/h2-7,10H,8-9H2,1H3,(H,15,17). The fraction of sp³-hybridized carbons (Fsp3) is 0.214. The lowest BCUT2D eigenvalue weighted by molar-refractivity contribution is 0.778. The third kappa shape index (κ3) is 2.40. The molecule has 0 atom stereocenters. The van der Waals surface area contributed by atoms with E-state index in [1.54, 1.807) is 18.7 Å². The van der Waals surface area contributed by atoms with Gasteiger partial charge < -0.3 is 5.32 Å². The third-order valence-corrected chi connectivity index (χ3v) is 3.12. The van der Waals surface area contributed by atoms with Crippen molar-refractivity contribution in [3.8, 4) is 5.82 Å². The monoisotopic (exact) mass is 253 g/mol. The maximum atomic E-state index is 4.35. The van der Waals surface area contributed by atoms with Crippen LogP contribution in [0.3, 0.4) is 0 Å². The summed E-state index contributed by atoms with van der Waals surface area (Å²) in [7, 11) is 0. The SMILES string of the molecule is CC1=C(Cc2ccnn2-c2ccccn2)NC=NC1. The number of allylic oxidation sites excluding steroid dienone is 1. The van der Waals surface area contributed by atoms with Gasteiger partial charge in [0.2, 0.25) is 0 Å². The highest BCUT2D eigenvalue weighted by molar-refractivity contribution is 5.60. The van der Waals surface area contributed by atoms with E-state index in [-0.39, 0.29) is 0 Å². The van der Waals surface area contributed by atoms with E-state index in [9.17, 15) is 0 Å². The summed E-state index contributed by atoms with van der Waals surface area (Å²) < 4.78 is 1.87. The van der Waals surface area contributed by atoms with Gasteiger partial charge in [-0.25, -0.2) is 9.67 Å². The first-order chi connectivity index (χ1) is 9.34. The average Bonchev–Trinajstić information content (AvgIpc) is 2.91. The predicted molar refractivity (Wildman–Crippen MR) is 74.3 cm³/mol. The second kappa shape index (κ2) is 5.06. The van der Waals surface area contributed by atoms with Gasteiger partial charge in [0.25, 0.3) is 0 Å². The molecule has 2 aromatic heterocycles. The summed E-state index contributed by atoms with van der Waals surface area (Å²) in [6, 6.07) is 7.83. The van der Waals surface area contributed by atoms with E-state index in [2.05, 4.69) is 27.3 Å². The first-order valence-electron chi connectivity index (χ1n) is 6.22. The molecule has 3 heterocycles. The van der Waals surface area contributed by atoms with Crippen LogP contribution in [0.4, 0.5) is 0 Å². The molecule has 1 aliphatic heterocycles. The molecule has 0 spiro atoms. The van der Waals surface area contributed by atoms with Crippen molar-refractivity contribution >= 4 is 6.34 Å². The van der Waals surface area contributed by atoms with Crippen LogP contribution < -0.4 is 5.32 Å². The number of hydrogen-bond donors (Lipinski definition) is 1. The highest BCUT2D eigenvalue weighted by atomic mass is 15.3. The normalized spacial score (nSPS) is 14.6. The van der Waals surface area contributed by atoms with Crippen LogP contribution in [0.1, 0.15) is 12.6 Å². The van der Waals surface area contributed by atoms with E-state index in [4.69, 9.17) is 0 Å². The minimum Gasteiger partial charge on any atom is -0.350 e. The molecule has 96 valence electrons. The summed E-state index contributed by atoms with van der Waals surface area (Å²) in [4.78, 5) is 8.52. The van der Waals surface area contributed by atoms with Crippen LogP contribution in [0.25, 0.3) is 5.82 Å². The van der Waals surface area contributed by atoms with Gasteiger partial charge in [-0.3, -0.25) is 4.99 Å². The maximum Gasteiger partial charge on any atom is 0.153 e. The number of hydrogen-bond acceptors (Lipinski definition) is 4. The molecule has 0 aliphatic carbocycles. The molecule has 0 aromatic carbocycles. The van der Waals surface area contributed by atoms with Crippen molar-refractivity contribution < 1.29 is 0 Å². The summed E-state index contributed by atoms with van der Waals surface area (Å²) in [6.07, 6.45) is 6.13. The molecular weight excluding hydrogens is 238 g/mol. The minimum atomic E-state index is 0.764. The van der Waals surface area contributed by atoms with E-state index < -0.39 is 0 Å². The van der Waals surface area contributed by atoms with Gasteiger partial charge in [0.05, 0.1) is 18.6 Å². The smallest absolute Gasteiger partial charge is 0.153 e. The summed E-state index contributed by atoms with van der Waals surface area (Å²) >= 11 is 0. The fourth-order valence-electron chi connectivity index (χ4n) is 2.06. The van der Waals surface area contributed by atoms with E-state index in [0.29, 0.717) is 0 Å². The number of nitrogens with one attached hydrogen (secondary N) is 1. The highest BCUT2D eigenvalue weighted by Crippen LogP contribution is 2.14. The lowest BCUT2D eigenvalue weighted by atomic mass is 10.1. The second-order valence-electron chi connectivity index (χ2n) is 4.47. The Morgan fingerprint density at radius 1 is 1.26 bits per heavy atom. The van der Waals surface area contributed by atoms with Gasteiger partial charge in [-0.05, 0) is 30.7 Å². The molecule has 2 aromatic rings. The number of aromatic nitrogens is 3. The van der Waals surface area contributed by atoms with Gasteiger partial charge in [0, 0.05) is 24.5 Å². The molecule has 0 saturated carbocycles. The van der Waals surface area contributed by atoms with Crippen molar-refractivity contribution in [2.24, 2.45) is 4.99 Å². The molecule has 0 unspecified atom stereocenters. The fourth-order valence-corrected chi connectivity index (χ4v) is 2.06. The van der Waals surface area contributed by atoms with Gasteiger partial charge in [-0.2, -0.15) is 5.10 Å². The van der Waals surface area contributed by atoms with Crippen molar-refractivity contribution in [2.45, 2.75) is 13.3 Å². The molecule has 0 bridgehead atoms. The molecule has 0 amide bonds. The Hall–Kier alpha value is -2.43. The van der Waals surface area contributed by atoms with Crippen LogP contribution >= 0.6 is 0 Å². The Morgan fingerprint density at radius 2 is 2.21 bits per heavy atom. The molecule has 19 heavy (non-hydrogen) atoms. The molecule has 0 radical (unpaired) electrons. The van der Waals surface area contributed by atoms with Gasteiger partial charge >= 0.3 is 0 Å². The molecular formula is C14H15N5. The molecule has 0 saturated heterocycles. The van der Waals surface area contributed by atoms with Gasteiger partial charge in [0.15, 0.2) is 5.82 Å². The van der Waals surface area contributed by atoms with Crippen molar-refractivity contribution in [3.05, 3.63) is 53.6 Å². The third-order valence-electron chi connectivity index (χ3n) is 3.12. The van der Waals surface area contributed by atoms with Crippen LogP contribution in [-0.2, 0) is 6.42 Å². The first-order valence-corrected chi connectivity index (χ1v) is 6.22. The van der Waals surface area contributed by atoms with E-state index >= 15 is 0 Å². The number of nitrogens with zero attached hydrogens (tertiary/aromatic N) is 4. The van der Waals surface area contributed by atoms with Crippen LogP contribution in [0.2, 0.25) is 0 Å². The van der Waals surface area contributed by atoms with E-state index in [1.807, 2.05) is 28.9 Å². The van der Waals surface area contributed by atoms with Gasteiger partial charge in [0.1, 0.15) is 0 Å². The molecule has 0 fully saturated rings. The molecule has 5 nitrogen and oxygen atoms in total. The zero-order chi connectivity index (χ0) is 13.1. The Morgan fingerprint density at radius 3 is 3.00 bits per heavy atom. The molecule has 5 heteroatoms. The summed E-state index contributed by atoms with van der Waals surface area (Å²) in [5, 5.41) is 7.56. The molecule has 1 aliphatic rings. The van der Waals surface area contributed by atoms with Gasteiger partial charge in [-0.15, -0.1) is 0 Å². The Balaban J connectivity index is 1.89.